The normalized spacial score (nSPS) is 12.1. The predicted octanol–water partition coefficient (Wildman–Crippen LogP) is -0.337. The van der Waals surface area contributed by atoms with Crippen LogP contribution >= 0.6 is 0 Å². The van der Waals surface area contributed by atoms with Gasteiger partial charge in [-0.15, -0.1) is 10.2 Å². The molecule has 1 heterocycles. The lowest BCUT2D eigenvalue weighted by Crippen LogP contribution is -2.31. The summed E-state index contributed by atoms with van der Waals surface area (Å²) < 4.78 is 0. The highest BCUT2D eigenvalue weighted by atomic mass is 16.3. The molecule has 0 bridgehead atoms. The molecule has 0 aliphatic carbocycles. The van der Waals surface area contributed by atoms with Crippen molar-refractivity contribution in [1.29, 1.82) is 0 Å². The molecule has 0 saturated carbocycles. The van der Waals surface area contributed by atoms with Crippen molar-refractivity contribution >= 4 is 5.91 Å². The molecule has 1 atom stereocenters. The van der Waals surface area contributed by atoms with Crippen LogP contribution in [0.3, 0.4) is 0 Å². The Balaban J connectivity index is 2.09. The second-order valence-corrected chi connectivity index (χ2v) is 3.35. The van der Waals surface area contributed by atoms with Crippen LogP contribution in [0.15, 0.2) is 30.3 Å². The molecule has 1 unspecified atom stereocenters. The summed E-state index contributed by atoms with van der Waals surface area (Å²) in [6.07, 6.45) is 0. The monoisotopic (exact) mass is 233 g/mol. The molecule has 0 radical (unpaired) electrons. The zero-order chi connectivity index (χ0) is 12.1. The molecule has 17 heavy (non-hydrogen) atoms. The standard InChI is InChI=1S/C10H11N5O2/c16-6-8(7-4-2-1-3-5-7)11-10(17)9-12-14-15-13-9/h1-5,8,16H,6H2,(H,11,17)(H,12,13,14,15). The number of H-pyrrole nitrogens is 1. The van der Waals surface area contributed by atoms with Crippen molar-refractivity contribution in [2.75, 3.05) is 6.61 Å². The number of amides is 1. The average molecular weight is 233 g/mol. The van der Waals surface area contributed by atoms with E-state index < -0.39 is 11.9 Å². The fourth-order valence-electron chi connectivity index (χ4n) is 1.40. The van der Waals surface area contributed by atoms with Gasteiger partial charge in [-0.25, -0.2) is 0 Å². The van der Waals surface area contributed by atoms with Crippen molar-refractivity contribution in [2.24, 2.45) is 0 Å². The van der Waals surface area contributed by atoms with Crippen LogP contribution in [0.2, 0.25) is 0 Å². The quantitative estimate of drug-likeness (QED) is 0.670. The predicted molar refractivity (Wildman–Crippen MR) is 57.9 cm³/mol. The smallest absolute Gasteiger partial charge is 0.293 e. The third-order valence-corrected chi connectivity index (χ3v) is 2.24. The number of nitrogens with one attached hydrogen (secondary N) is 2. The molecule has 0 spiro atoms. The van der Waals surface area contributed by atoms with Crippen molar-refractivity contribution < 1.29 is 9.90 Å². The van der Waals surface area contributed by atoms with E-state index in [9.17, 15) is 9.90 Å². The lowest BCUT2D eigenvalue weighted by molar-refractivity contribution is 0.0905. The topological polar surface area (TPSA) is 104 Å². The molecule has 0 saturated heterocycles. The van der Waals surface area contributed by atoms with E-state index in [0.717, 1.165) is 5.56 Å². The number of aliphatic hydroxyl groups excluding tert-OH is 1. The Hall–Kier alpha value is -2.28. The highest BCUT2D eigenvalue weighted by molar-refractivity contribution is 5.90. The van der Waals surface area contributed by atoms with Crippen molar-refractivity contribution in [3.63, 3.8) is 0 Å². The third-order valence-electron chi connectivity index (χ3n) is 2.24. The maximum absolute atomic E-state index is 11.6. The Labute approximate surface area is 96.9 Å². The summed E-state index contributed by atoms with van der Waals surface area (Å²) in [7, 11) is 0. The molecule has 7 nitrogen and oxygen atoms in total. The molecule has 1 aromatic carbocycles. The number of benzene rings is 1. The van der Waals surface area contributed by atoms with Gasteiger partial charge in [0.25, 0.3) is 11.7 Å². The number of tetrazole rings is 1. The SMILES string of the molecule is O=C(NC(CO)c1ccccc1)c1nn[nH]n1. The van der Waals surface area contributed by atoms with Gasteiger partial charge in [-0.2, -0.15) is 5.21 Å². The molecule has 88 valence electrons. The van der Waals surface area contributed by atoms with Crippen LogP contribution in [0.1, 0.15) is 22.2 Å². The van der Waals surface area contributed by atoms with Gasteiger partial charge in [-0.1, -0.05) is 30.3 Å². The number of aromatic nitrogens is 4. The van der Waals surface area contributed by atoms with E-state index in [0.29, 0.717) is 0 Å². The van der Waals surface area contributed by atoms with Crippen LogP contribution in [0.5, 0.6) is 0 Å². The van der Waals surface area contributed by atoms with Gasteiger partial charge in [-0.3, -0.25) is 4.79 Å². The number of hydrogen-bond donors (Lipinski definition) is 3. The first kappa shape index (κ1) is 11.2. The maximum atomic E-state index is 11.6. The molecular formula is C10H11N5O2. The summed E-state index contributed by atoms with van der Waals surface area (Å²) in [6.45, 7) is -0.201. The molecule has 2 rings (SSSR count). The highest BCUT2D eigenvalue weighted by Gasteiger charge is 2.17. The summed E-state index contributed by atoms with van der Waals surface area (Å²) in [4.78, 5) is 11.6. The van der Waals surface area contributed by atoms with Crippen LogP contribution < -0.4 is 5.32 Å². The van der Waals surface area contributed by atoms with Crippen molar-refractivity contribution in [3.05, 3.63) is 41.7 Å². The highest BCUT2D eigenvalue weighted by Crippen LogP contribution is 2.11. The lowest BCUT2D eigenvalue weighted by Gasteiger charge is -2.15. The number of hydrogen-bond acceptors (Lipinski definition) is 5. The fraction of sp³-hybridized carbons (Fsp3) is 0.200. The fourth-order valence-corrected chi connectivity index (χ4v) is 1.40. The molecular weight excluding hydrogens is 222 g/mol. The first-order valence-corrected chi connectivity index (χ1v) is 5.01. The van der Waals surface area contributed by atoms with Gasteiger partial charge in [0, 0.05) is 0 Å². The largest absolute Gasteiger partial charge is 0.394 e. The number of aliphatic hydroxyl groups is 1. The van der Waals surface area contributed by atoms with Crippen LogP contribution in [0, 0.1) is 0 Å². The van der Waals surface area contributed by atoms with E-state index in [1.807, 2.05) is 30.3 Å². The van der Waals surface area contributed by atoms with Gasteiger partial charge in [0.1, 0.15) is 0 Å². The third kappa shape index (κ3) is 2.64. The number of carbonyl (C=O) groups is 1. The summed E-state index contributed by atoms with van der Waals surface area (Å²) in [6, 6.07) is 8.67. The molecule has 0 fully saturated rings. The maximum Gasteiger partial charge on any atom is 0.293 e. The molecule has 1 aromatic heterocycles. The van der Waals surface area contributed by atoms with Crippen LogP contribution in [0.4, 0.5) is 0 Å². The minimum Gasteiger partial charge on any atom is -0.394 e. The molecule has 1 amide bonds. The summed E-state index contributed by atoms with van der Waals surface area (Å²) >= 11 is 0. The summed E-state index contributed by atoms with van der Waals surface area (Å²) in [5.41, 5.74) is 0.812. The Morgan fingerprint density at radius 1 is 1.41 bits per heavy atom. The van der Waals surface area contributed by atoms with Crippen molar-refractivity contribution in [3.8, 4) is 0 Å². The summed E-state index contributed by atoms with van der Waals surface area (Å²) in [5, 5.41) is 24.4. The van der Waals surface area contributed by atoms with Crippen molar-refractivity contribution in [1.82, 2.24) is 25.9 Å². The van der Waals surface area contributed by atoms with Gasteiger partial charge >= 0.3 is 0 Å². The number of nitrogens with zero attached hydrogens (tertiary/aromatic N) is 3. The first-order chi connectivity index (χ1) is 8.31. The van der Waals surface area contributed by atoms with E-state index in [4.69, 9.17) is 0 Å². The van der Waals surface area contributed by atoms with E-state index >= 15 is 0 Å². The van der Waals surface area contributed by atoms with Gasteiger partial charge in [0.15, 0.2) is 0 Å². The number of rotatable bonds is 4. The van der Waals surface area contributed by atoms with Crippen molar-refractivity contribution in [2.45, 2.75) is 6.04 Å². The molecule has 2 aromatic rings. The summed E-state index contributed by atoms with van der Waals surface area (Å²) in [5.74, 6) is -0.541. The first-order valence-electron chi connectivity index (χ1n) is 5.01. The Morgan fingerprint density at radius 3 is 2.76 bits per heavy atom. The van der Waals surface area contributed by atoms with E-state index in [-0.39, 0.29) is 12.4 Å². The average Bonchev–Trinajstić information content (AvgIpc) is 2.90. The van der Waals surface area contributed by atoms with Gasteiger partial charge in [-0.05, 0) is 10.8 Å². The van der Waals surface area contributed by atoms with E-state index in [2.05, 4.69) is 25.9 Å². The molecule has 0 aliphatic heterocycles. The van der Waals surface area contributed by atoms with Crippen LogP contribution in [-0.4, -0.2) is 38.2 Å². The number of carbonyl (C=O) groups excluding carboxylic acids is 1. The Morgan fingerprint density at radius 2 is 2.18 bits per heavy atom. The van der Waals surface area contributed by atoms with E-state index in [1.54, 1.807) is 0 Å². The van der Waals surface area contributed by atoms with Gasteiger partial charge in [0.05, 0.1) is 12.6 Å². The minimum atomic E-state index is -0.485. The zero-order valence-electron chi connectivity index (χ0n) is 8.87. The second-order valence-electron chi connectivity index (χ2n) is 3.35. The van der Waals surface area contributed by atoms with E-state index in [1.165, 1.54) is 0 Å². The zero-order valence-corrected chi connectivity index (χ0v) is 8.87. The number of aromatic amines is 1. The Bertz CT molecular complexity index is 471. The van der Waals surface area contributed by atoms with Gasteiger partial charge in [0.2, 0.25) is 0 Å². The van der Waals surface area contributed by atoms with Gasteiger partial charge < -0.3 is 10.4 Å². The Kier molecular flexibility index (Phi) is 3.41. The van der Waals surface area contributed by atoms with Crippen LogP contribution in [-0.2, 0) is 0 Å². The minimum absolute atomic E-state index is 0.0561. The molecule has 0 aliphatic rings. The lowest BCUT2D eigenvalue weighted by atomic mass is 10.1. The second kappa shape index (κ2) is 5.17. The van der Waals surface area contributed by atoms with Crippen LogP contribution in [0.25, 0.3) is 0 Å². The molecule has 7 heteroatoms. The molecule has 3 N–H and O–H groups in total.